The maximum atomic E-state index is 12.5. The van der Waals surface area contributed by atoms with Crippen molar-refractivity contribution in [2.45, 2.75) is 63.2 Å². The number of carbonyl (C=O) groups is 1. The first kappa shape index (κ1) is 38.9. The molecule has 2 aliphatic rings. The summed E-state index contributed by atoms with van der Waals surface area (Å²) in [4.78, 5) is 12.5. The van der Waals surface area contributed by atoms with E-state index in [9.17, 15) is 4.79 Å². The van der Waals surface area contributed by atoms with Gasteiger partial charge >= 0.3 is 0 Å². The average Bonchev–Trinajstić information content (AvgIpc) is 3.21. The van der Waals surface area contributed by atoms with Gasteiger partial charge in [0.05, 0.1) is 39.6 Å². The Balaban J connectivity index is 1.30. The zero-order valence-electron chi connectivity index (χ0n) is 31.0. The van der Waals surface area contributed by atoms with E-state index in [0.717, 1.165) is 39.1 Å². The number of carbonyl (C=O) groups excluding carboxylic acids is 1. The van der Waals surface area contributed by atoms with E-state index in [2.05, 4.69) is 18.2 Å². The number of ketones is 1. The second kappa shape index (κ2) is 19.0. The van der Waals surface area contributed by atoms with Gasteiger partial charge in [0.15, 0.2) is 5.78 Å². The molecular formula is C46H47ClO8. The highest BCUT2D eigenvalue weighted by Crippen LogP contribution is 2.44. The largest absolute Gasteiger partial charge is 0.494 e. The minimum Gasteiger partial charge on any atom is -0.494 e. The second-order valence-electron chi connectivity index (χ2n) is 14.0. The molecule has 1 spiro atoms. The summed E-state index contributed by atoms with van der Waals surface area (Å²) in [7, 11) is 0. The maximum absolute atomic E-state index is 12.5. The molecule has 0 amide bonds. The molecule has 2 fully saturated rings. The molecule has 55 heavy (non-hydrogen) atoms. The summed E-state index contributed by atoms with van der Waals surface area (Å²) >= 11 is 6.89. The molecule has 0 saturated carbocycles. The van der Waals surface area contributed by atoms with Crippen LogP contribution in [0.1, 0.15) is 46.4 Å². The van der Waals surface area contributed by atoms with Gasteiger partial charge in [0.1, 0.15) is 49.0 Å². The van der Waals surface area contributed by atoms with Crippen molar-refractivity contribution in [1.29, 1.82) is 0 Å². The second-order valence-corrected chi connectivity index (χ2v) is 14.4. The van der Waals surface area contributed by atoms with E-state index >= 15 is 0 Å². The third-order valence-corrected chi connectivity index (χ3v) is 10.3. The fraction of sp³-hybridized carbons (Fsp3) is 0.326. The Morgan fingerprint density at radius 3 is 1.76 bits per heavy atom. The van der Waals surface area contributed by atoms with Crippen LogP contribution in [0.3, 0.4) is 0 Å². The summed E-state index contributed by atoms with van der Waals surface area (Å²) in [6, 6.07) is 44.1. The summed E-state index contributed by atoms with van der Waals surface area (Å²) in [5.74, 6) is 0.683. The van der Waals surface area contributed by atoms with Crippen molar-refractivity contribution in [3.8, 4) is 5.75 Å². The van der Waals surface area contributed by atoms with Crippen LogP contribution in [0.25, 0.3) is 0 Å². The molecule has 286 valence electrons. The van der Waals surface area contributed by atoms with Gasteiger partial charge < -0.3 is 33.2 Å². The van der Waals surface area contributed by atoms with Crippen molar-refractivity contribution in [2.75, 3.05) is 33.0 Å². The maximum Gasteiger partial charge on any atom is 0.183 e. The Morgan fingerprint density at radius 2 is 1.20 bits per heavy atom. The lowest BCUT2D eigenvalue weighted by molar-refractivity contribution is -0.324. The molecule has 5 aromatic rings. The van der Waals surface area contributed by atoms with E-state index in [0.29, 0.717) is 31.3 Å². The smallest absolute Gasteiger partial charge is 0.183 e. The first-order chi connectivity index (χ1) is 27.0. The van der Waals surface area contributed by atoms with Crippen LogP contribution in [-0.2, 0) is 59.5 Å². The van der Waals surface area contributed by atoms with Gasteiger partial charge in [0.25, 0.3) is 0 Å². The van der Waals surface area contributed by atoms with Crippen LogP contribution in [0.15, 0.2) is 133 Å². The Bertz CT molecular complexity index is 1930. The van der Waals surface area contributed by atoms with Crippen molar-refractivity contribution in [2.24, 2.45) is 0 Å². The first-order valence-corrected chi connectivity index (χ1v) is 19.2. The minimum atomic E-state index is -1.18. The van der Waals surface area contributed by atoms with Crippen molar-refractivity contribution in [1.82, 2.24) is 0 Å². The number of hydrogen-bond acceptors (Lipinski definition) is 8. The minimum absolute atomic E-state index is 0.0396. The number of ether oxygens (including phenoxy) is 7. The summed E-state index contributed by atoms with van der Waals surface area (Å²) < 4.78 is 46.0. The quantitative estimate of drug-likeness (QED) is 0.111. The lowest BCUT2D eigenvalue weighted by Gasteiger charge is -2.53. The molecule has 5 aromatic carbocycles. The predicted octanol–water partition coefficient (Wildman–Crippen LogP) is 8.51. The number of hydrogen-bond donors (Lipinski definition) is 0. The van der Waals surface area contributed by atoms with Crippen molar-refractivity contribution in [3.05, 3.63) is 172 Å². The zero-order chi connectivity index (χ0) is 37.9. The Hall–Kier alpha value is -4.38. The van der Waals surface area contributed by atoms with Crippen LogP contribution < -0.4 is 4.74 Å². The summed E-state index contributed by atoms with van der Waals surface area (Å²) in [5.41, 5.74) is 4.70. The third-order valence-electron chi connectivity index (χ3n) is 9.89. The topological polar surface area (TPSA) is 81.7 Å². The summed E-state index contributed by atoms with van der Waals surface area (Å²) in [6.07, 6.45) is -2.12. The predicted molar refractivity (Wildman–Crippen MR) is 210 cm³/mol. The number of benzene rings is 5. The van der Waals surface area contributed by atoms with Crippen LogP contribution in [0, 0.1) is 0 Å². The van der Waals surface area contributed by atoms with Gasteiger partial charge in [-0.05, 0) is 64.9 Å². The molecule has 0 bridgehead atoms. The van der Waals surface area contributed by atoms with Crippen LogP contribution in [-0.4, -0.2) is 62.7 Å². The first-order valence-electron chi connectivity index (χ1n) is 18.8. The average molecular weight is 763 g/mol. The van der Waals surface area contributed by atoms with Crippen molar-refractivity contribution in [3.63, 3.8) is 0 Å². The molecule has 0 N–H and O–H groups in total. The van der Waals surface area contributed by atoms with Crippen LogP contribution in [0.4, 0.5) is 0 Å². The van der Waals surface area contributed by atoms with E-state index in [1.54, 1.807) is 0 Å². The summed E-state index contributed by atoms with van der Waals surface area (Å²) in [5, 5.41) is 0.641. The number of halogens is 1. The van der Waals surface area contributed by atoms with Crippen LogP contribution >= 0.6 is 11.6 Å². The molecule has 2 aliphatic heterocycles. The normalized spacial score (nSPS) is 21.2. The fourth-order valence-corrected chi connectivity index (χ4v) is 7.37. The van der Waals surface area contributed by atoms with Crippen LogP contribution in [0.5, 0.6) is 5.75 Å². The molecule has 0 aromatic heterocycles. The Morgan fingerprint density at radius 1 is 0.655 bits per heavy atom. The van der Waals surface area contributed by atoms with Crippen molar-refractivity contribution < 1.29 is 38.0 Å². The van der Waals surface area contributed by atoms with Gasteiger partial charge in [-0.25, -0.2) is 0 Å². The molecule has 2 saturated heterocycles. The van der Waals surface area contributed by atoms with Gasteiger partial charge in [-0.1, -0.05) is 127 Å². The van der Waals surface area contributed by atoms with Crippen LogP contribution in [0.2, 0.25) is 5.02 Å². The van der Waals surface area contributed by atoms with Gasteiger partial charge in [0.2, 0.25) is 0 Å². The fourth-order valence-electron chi connectivity index (χ4n) is 7.18. The molecule has 2 heterocycles. The molecule has 7 rings (SSSR count). The molecule has 9 heteroatoms. The highest BCUT2D eigenvalue weighted by atomic mass is 35.5. The number of Topliss-reactive ketones (excluding diaryl/α,β-unsaturated/α-hetero) is 1. The van der Waals surface area contributed by atoms with Gasteiger partial charge in [-0.15, -0.1) is 0 Å². The SMILES string of the molecule is CCOc1ccc(Cc2cc([C@@H]3OC4(COCC(=O)COC4)[C@@H](OCc4ccccc4)[C@H](OCc4ccccc4)[C@H]3OCc3ccccc3)ccc2Cl)cc1. The van der Waals surface area contributed by atoms with E-state index in [4.69, 9.17) is 44.8 Å². The Kier molecular flexibility index (Phi) is 13.4. The highest BCUT2D eigenvalue weighted by Gasteiger charge is 2.58. The third kappa shape index (κ3) is 10.1. The lowest BCUT2D eigenvalue weighted by Crippen LogP contribution is -2.67. The van der Waals surface area contributed by atoms with E-state index in [1.165, 1.54) is 0 Å². The molecule has 0 radical (unpaired) electrons. The Labute approximate surface area is 328 Å². The highest BCUT2D eigenvalue weighted by molar-refractivity contribution is 6.31. The van der Waals surface area contributed by atoms with Gasteiger partial charge in [0, 0.05) is 5.02 Å². The van der Waals surface area contributed by atoms with Gasteiger partial charge in [-0.2, -0.15) is 0 Å². The molecule has 4 atom stereocenters. The monoisotopic (exact) mass is 762 g/mol. The molecule has 0 aliphatic carbocycles. The van der Waals surface area contributed by atoms with Crippen molar-refractivity contribution >= 4 is 17.4 Å². The zero-order valence-corrected chi connectivity index (χ0v) is 31.8. The molecule has 0 unspecified atom stereocenters. The van der Waals surface area contributed by atoms with Gasteiger partial charge in [-0.3, -0.25) is 4.79 Å². The van der Waals surface area contributed by atoms with E-state index < -0.39 is 30.0 Å². The van der Waals surface area contributed by atoms with E-state index in [-0.39, 0.29) is 38.8 Å². The number of rotatable bonds is 14. The molecular weight excluding hydrogens is 716 g/mol. The van der Waals surface area contributed by atoms with E-state index in [1.807, 2.05) is 122 Å². The lowest BCUT2D eigenvalue weighted by atomic mass is 9.82. The summed E-state index contributed by atoms with van der Waals surface area (Å²) in [6.45, 7) is 3.34. The standard InChI is InChI=1S/C46H47ClO8/c1-2-51-40-21-18-33(19-22-40)24-38-25-37(20-23-41(38)47)42-43(52-26-34-12-6-3-7-13-34)44(53-27-35-14-8-4-9-15-35)45(54-28-36-16-10-5-11-17-36)46(55-42)31-49-29-39(48)30-50-32-46/h3-23,25,42-45H,2,24,26-32H2,1H3/t42-,43-,44+,45-/m0/s1. The molecule has 8 nitrogen and oxygen atoms in total.